The Balaban J connectivity index is 1.66. The Labute approximate surface area is 185 Å². The number of pyridine rings is 1. The Morgan fingerprint density at radius 1 is 1.09 bits per heavy atom. The third-order valence-electron chi connectivity index (χ3n) is 5.61. The van der Waals surface area contributed by atoms with Crippen molar-refractivity contribution in [1.29, 1.82) is 0 Å². The Kier molecular flexibility index (Phi) is 5.07. The van der Waals surface area contributed by atoms with E-state index in [1.165, 1.54) is 0 Å². The molecule has 0 aliphatic carbocycles. The quantitative estimate of drug-likeness (QED) is 0.479. The molecule has 2 aromatic heterocycles. The average molecular weight is 426 g/mol. The fourth-order valence-electron chi connectivity index (χ4n) is 4.21. The van der Waals surface area contributed by atoms with Gasteiger partial charge in [-0.2, -0.15) is 5.10 Å². The number of phenolic OH excluding ortho intramolecular Hbond substituents is 1. The smallest absolute Gasteiger partial charge is 0.273 e. The van der Waals surface area contributed by atoms with Gasteiger partial charge in [0.2, 0.25) is 0 Å². The van der Waals surface area contributed by atoms with Crippen molar-refractivity contribution < 1.29 is 14.6 Å². The highest BCUT2D eigenvalue weighted by Crippen LogP contribution is 2.45. The lowest BCUT2D eigenvalue weighted by Gasteiger charge is -2.27. The predicted molar refractivity (Wildman–Crippen MR) is 119 cm³/mol. The number of carbonyl (C=O) groups excluding carboxylic acids is 1. The van der Waals surface area contributed by atoms with Crippen LogP contribution in [0.2, 0.25) is 0 Å². The van der Waals surface area contributed by atoms with Crippen LogP contribution in [0, 0.1) is 0 Å². The molecule has 3 heterocycles. The Hall–Kier alpha value is -4.13. The molecule has 0 saturated heterocycles. The summed E-state index contributed by atoms with van der Waals surface area (Å²) in [6.07, 6.45) is 3.43. The second-order valence-electron chi connectivity index (χ2n) is 7.57. The average Bonchev–Trinajstić information content (AvgIpc) is 3.35. The van der Waals surface area contributed by atoms with E-state index in [0.717, 1.165) is 22.4 Å². The summed E-state index contributed by atoms with van der Waals surface area (Å²) in [6, 6.07) is 18.2. The maximum absolute atomic E-state index is 13.5. The molecular weight excluding hydrogens is 404 g/mol. The van der Waals surface area contributed by atoms with E-state index < -0.39 is 0 Å². The molecule has 0 saturated carbocycles. The Morgan fingerprint density at radius 3 is 2.69 bits per heavy atom. The number of amides is 1. The standard InChI is InChI=1S/C25H22N4O3/c1-2-32-18-7-5-6-17(14-18)24-21-22(19-8-3-4-9-20(19)30)27-28-23(21)25(31)29(24)15-16-10-12-26-13-11-16/h3-14,24,30H,2,15H2,1H3,(H,27,28). The number of para-hydroxylation sites is 1. The number of rotatable bonds is 6. The van der Waals surface area contributed by atoms with Gasteiger partial charge in [-0.05, 0) is 54.4 Å². The minimum atomic E-state index is -0.389. The summed E-state index contributed by atoms with van der Waals surface area (Å²) >= 11 is 0. The molecule has 1 aliphatic rings. The van der Waals surface area contributed by atoms with Crippen molar-refractivity contribution >= 4 is 5.91 Å². The van der Waals surface area contributed by atoms with E-state index in [9.17, 15) is 9.90 Å². The Morgan fingerprint density at radius 2 is 1.91 bits per heavy atom. The van der Waals surface area contributed by atoms with Crippen molar-refractivity contribution in [2.45, 2.75) is 19.5 Å². The monoisotopic (exact) mass is 426 g/mol. The number of aromatic hydroxyl groups is 1. The number of fused-ring (bicyclic) bond motifs is 1. The topological polar surface area (TPSA) is 91.3 Å². The molecule has 2 aromatic carbocycles. The second-order valence-corrected chi connectivity index (χ2v) is 7.57. The number of aromatic nitrogens is 3. The largest absolute Gasteiger partial charge is 0.507 e. The summed E-state index contributed by atoms with van der Waals surface area (Å²) < 4.78 is 5.71. The van der Waals surface area contributed by atoms with Gasteiger partial charge in [0, 0.05) is 30.1 Å². The van der Waals surface area contributed by atoms with Gasteiger partial charge in [-0.25, -0.2) is 0 Å². The molecule has 4 aromatic rings. The summed E-state index contributed by atoms with van der Waals surface area (Å²) in [7, 11) is 0. The summed E-state index contributed by atoms with van der Waals surface area (Å²) in [4.78, 5) is 19.4. The first kappa shape index (κ1) is 19.8. The van der Waals surface area contributed by atoms with E-state index in [0.29, 0.717) is 30.1 Å². The van der Waals surface area contributed by atoms with E-state index in [1.807, 2.05) is 54.3 Å². The first-order valence-corrected chi connectivity index (χ1v) is 10.5. The number of aromatic amines is 1. The maximum Gasteiger partial charge on any atom is 0.273 e. The van der Waals surface area contributed by atoms with Crippen molar-refractivity contribution in [1.82, 2.24) is 20.1 Å². The lowest BCUT2D eigenvalue weighted by Crippen LogP contribution is -2.29. The molecule has 5 rings (SSSR count). The summed E-state index contributed by atoms with van der Waals surface area (Å²) in [5.41, 5.74) is 4.21. The zero-order chi connectivity index (χ0) is 22.1. The molecule has 1 aliphatic heterocycles. The number of nitrogens with zero attached hydrogens (tertiary/aromatic N) is 3. The van der Waals surface area contributed by atoms with Gasteiger partial charge in [-0.3, -0.25) is 14.9 Å². The molecule has 0 radical (unpaired) electrons. The molecule has 0 spiro atoms. The fourth-order valence-corrected chi connectivity index (χ4v) is 4.21. The third-order valence-corrected chi connectivity index (χ3v) is 5.61. The van der Waals surface area contributed by atoms with Crippen molar-refractivity contribution in [3.05, 3.63) is 95.4 Å². The summed E-state index contributed by atoms with van der Waals surface area (Å²) in [5.74, 6) is 0.712. The SMILES string of the molecule is CCOc1cccc(C2c3c(-c4ccccc4O)n[nH]c3C(=O)N2Cc2ccncc2)c1. The molecule has 0 fully saturated rings. The van der Waals surface area contributed by atoms with E-state index in [2.05, 4.69) is 15.2 Å². The van der Waals surface area contributed by atoms with Crippen LogP contribution in [0.1, 0.15) is 40.1 Å². The van der Waals surface area contributed by atoms with Crippen LogP contribution in [0.25, 0.3) is 11.3 Å². The number of phenols is 1. The van der Waals surface area contributed by atoms with Crippen LogP contribution in [0.5, 0.6) is 11.5 Å². The van der Waals surface area contributed by atoms with Crippen LogP contribution in [0.4, 0.5) is 0 Å². The van der Waals surface area contributed by atoms with Crippen LogP contribution >= 0.6 is 0 Å². The van der Waals surface area contributed by atoms with Crippen molar-refractivity contribution in [3.8, 4) is 22.8 Å². The van der Waals surface area contributed by atoms with Gasteiger partial charge in [-0.15, -0.1) is 0 Å². The van der Waals surface area contributed by atoms with E-state index in [4.69, 9.17) is 4.74 Å². The van der Waals surface area contributed by atoms with Crippen LogP contribution in [0.15, 0.2) is 73.1 Å². The number of benzene rings is 2. The molecule has 7 nitrogen and oxygen atoms in total. The van der Waals surface area contributed by atoms with E-state index in [1.54, 1.807) is 30.6 Å². The minimum absolute atomic E-state index is 0.114. The van der Waals surface area contributed by atoms with Crippen LogP contribution in [-0.2, 0) is 6.54 Å². The fraction of sp³-hybridized carbons (Fsp3) is 0.160. The molecule has 1 unspecified atom stereocenters. The second kappa shape index (κ2) is 8.19. The zero-order valence-corrected chi connectivity index (χ0v) is 17.5. The lowest BCUT2D eigenvalue weighted by atomic mass is 9.95. The Bertz CT molecular complexity index is 1270. The lowest BCUT2D eigenvalue weighted by molar-refractivity contribution is 0.0729. The molecule has 160 valence electrons. The highest BCUT2D eigenvalue weighted by Gasteiger charge is 2.42. The number of ether oxygens (including phenoxy) is 1. The van der Waals surface area contributed by atoms with Crippen molar-refractivity contribution in [2.75, 3.05) is 6.61 Å². The third kappa shape index (κ3) is 3.37. The van der Waals surface area contributed by atoms with Crippen LogP contribution in [0.3, 0.4) is 0 Å². The number of hydrogen-bond donors (Lipinski definition) is 2. The zero-order valence-electron chi connectivity index (χ0n) is 17.5. The first-order chi connectivity index (χ1) is 15.7. The highest BCUT2D eigenvalue weighted by molar-refractivity contribution is 6.00. The normalized spacial score (nSPS) is 15.1. The maximum atomic E-state index is 13.5. The van der Waals surface area contributed by atoms with Gasteiger partial charge in [-0.1, -0.05) is 24.3 Å². The number of H-pyrrole nitrogens is 1. The van der Waals surface area contributed by atoms with Crippen molar-refractivity contribution in [2.24, 2.45) is 0 Å². The summed E-state index contributed by atoms with van der Waals surface area (Å²) in [5, 5.41) is 17.8. The molecular formula is C25H22N4O3. The van der Waals surface area contributed by atoms with E-state index >= 15 is 0 Å². The molecule has 1 atom stereocenters. The molecule has 7 heteroatoms. The first-order valence-electron chi connectivity index (χ1n) is 10.5. The molecule has 0 bridgehead atoms. The summed E-state index contributed by atoms with van der Waals surface area (Å²) in [6.45, 7) is 2.90. The van der Waals surface area contributed by atoms with Gasteiger partial charge in [0.15, 0.2) is 0 Å². The number of carbonyl (C=O) groups is 1. The highest BCUT2D eigenvalue weighted by atomic mass is 16.5. The number of nitrogens with one attached hydrogen (secondary N) is 1. The minimum Gasteiger partial charge on any atom is -0.507 e. The van der Waals surface area contributed by atoms with Gasteiger partial charge in [0.25, 0.3) is 5.91 Å². The molecule has 1 amide bonds. The van der Waals surface area contributed by atoms with Crippen LogP contribution in [-0.4, -0.2) is 37.7 Å². The van der Waals surface area contributed by atoms with Gasteiger partial charge >= 0.3 is 0 Å². The van der Waals surface area contributed by atoms with Gasteiger partial charge in [0.05, 0.1) is 12.6 Å². The van der Waals surface area contributed by atoms with E-state index in [-0.39, 0.29) is 17.7 Å². The predicted octanol–water partition coefficient (Wildman–Crippen LogP) is 4.32. The van der Waals surface area contributed by atoms with Gasteiger partial charge in [0.1, 0.15) is 22.9 Å². The number of hydrogen-bond acceptors (Lipinski definition) is 5. The molecule has 2 N–H and O–H groups in total. The molecule has 32 heavy (non-hydrogen) atoms. The van der Waals surface area contributed by atoms with Crippen LogP contribution < -0.4 is 4.74 Å². The van der Waals surface area contributed by atoms with Crippen molar-refractivity contribution in [3.63, 3.8) is 0 Å². The van der Waals surface area contributed by atoms with Gasteiger partial charge < -0.3 is 14.7 Å².